The van der Waals surface area contributed by atoms with Crippen molar-refractivity contribution in [3.63, 3.8) is 0 Å². The number of rotatable bonds is 2. The van der Waals surface area contributed by atoms with Gasteiger partial charge in [-0.05, 0) is 25.5 Å². The number of aryl methyl sites for hydroxylation is 1. The van der Waals surface area contributed by atoms with Crippen molar-refractivity contribution in [3.8, 4) is 0 Å². The maximum absolute atomic E-state index is 12.8. The van der Waals surface area contributed by atoms with Crippen molar-refractivity contribution in [3.05, 3.63) is 29.3 Å². The molecule has 1 amide bonds. The molecule has 0 radical (unpaired) electrons. The molecule has 2 heterocycles. The summed E-state index contributed by atoms with van der Waals surface area (Å²) in [6, 6.07) is 5.57. The van der Waals surface area contributed by atoms with Crippen LogP contribution < -0.4 is 4.90 Å². The fourth-order valence-corrected chi connectivity index (χ4v) is 2.71. The molecule has 3 rings (SSSR count). The number of esters is 1. The van der Waals surface area contributed by atoms with E-state index in [1.807, 2.05) is 25.1 Å². The average Bonchev–Trinajstić information content (AvgIpc) is 2.71. The lowest BCUT2D eigenvalue weighted by Crippen LogP contribution is -2.48. The molecule has 6 heteroatoms. The first kappa shape index (κ1) is 14.0. The van der Waals surface area contributed by atoms with Crippen molar-refractivity contribution < 1.29 is 23.8 Å². The van der Waals surface area contributed by atoms with Gasteiger partial charge in [0.25, 0.3) is 11.7 Å². The highest BCUT2D eigenvalue weighted by Crippen LogP contribution is 2.45. The third-order valence-electron chi connectivity index (χ3n) is 3.74. The fourth-order valence-electron chi connectivity index (χ4n) is 2.71. The van der Waals surface area contributed by atoms with Crippen LogP contribution in [0.3, 0.4) is 0 Å². The minimum absolute atomic E-state index is 0.153. The molecule has 6 nitrogen and oxygen atoms in total. The Morgan fingerprint density at radius 1 is 1.38 bits per heavy atom. The molecule has 21 heavy (non-hydrogen) atoms. The van der Waals surface area contributed by atoms with Crippen LogP contribution in [0.15, 0.2) is 18.2 Å². The van der Waals surface area contributed by atoms with Gasteiger partial charge in [-0.2, -0.15) is 0 Å². The van der Waals surface area contributed by atoms with Gasteiger partial charge in [0, 0.05) is 5.56 Å². The lowest BCUT2D eigenvalue weighted by atomic mass is 10.0. The van der Waals surface area contributed by atoms with Gasteiger partial charge in [0.1, 0.15) is 6.54 Å². The van der Waals surface area contributed by atoms with E-state index < -0.39 is 11.8 Å². The zero-order valence-corrected chi connectivity index (χ0v) is 12.0. The van der Waals surface area contributed by atoms with Crippen LogP contribution in [0, 0.1) is 6.92 Å². The number of carbonyl (C=O) groups excluding carboxylic acids is 2. The van der Waals surface area contributed by atoms with Gasteiger partial charge in [-0.3, -0.25) is 14.5 Å². The molecule has 0 bridgehead atoms. The standard InChI is InChI=1S/C15H17NO5/c1-10-4-5-12-11(8-10)15(20-6-3-7-21-15)14(18)16(12)9-13(17)19-2/h4-5,8H,3,6-7,9H2,1-2H3. The number of methoxy groups -OCH3 is 1. The first-order valence-electron chi connectivity index (χ1n) is 6.86. The Bertz CT molecular complexity index is 592. The molecule has 0 saturated carbocycles. The Kier molecular flexibility index (Phi) is 3.43. The highest BCUT2D eigenvalue weighted by Gasteiger charge is 2.55. The van der Waals surface area contributed by atoms with Crippen LogP contribution in [0.5, 0.6) is 0 Å². The first-order valence-corrected chi connectivity index (χ1v) is 6.86. The molecule has 2 aliphatic heterocycles. The van der Waals surface area contributed by atoms with Crippen molar-refractivity contribution in [1.82, 2.24) is 0 Å². The summed E-state index contributed by atoms with van der Waals surface area (Å²) >= 11 is 0. The van der Waals surface area contributed by atoms with Crippen LogP contribution in [0.25, 0.3) is 0 Å². The Labute approximate surface area is 122 Å². The highest BCUT2D eigenvalue weighted by atomic mass is 16.7. The number of nitrogens with zero attached hydrogens (tertiary/aromatic N) is 1. The normalized spacial score (nSPS) is 19.7. The number of amides is 1. The molecule has 1 aromatic rings. The van der Waals surface area contributed by atoms with Gasteiger partial charge in [0.15, 0.2) is 0 Å². The summed E-state index contributed by atoms with van der Waals surface area (Å²) in [6.07, 6.45) is 0.743. The second kappa shape index (κ2) is 5.13. The molecule has 1 saturated heterocycles. The van der Waals surface area contributed by atoms with Crippen LogP contribution in [0.1, 0.15) is 17.5 Å². The minimum Gasteiger partial charge on any atom is -0.468 e. The van der Waals surface area contributed by atoms with Gasteiger partial charge in [0.2, 0.25) is 0 Å². The number of fused-ring (bicyclic) bond motifs is 2. The lowest BCUT2D eigenvalue weighted by Gasteiger charge is -2.32. The molecule has 0 aromatic heterocycles. The van der Waals surface area contributed by atoms with Crippen LogP contribution >= 0.6 is 0 Å². The van der Waals surface area contributed by atoms with E-state index in [0.29, 0.717) is 24.5 Å². The SMILES string of the molecule is COC(=O)CN1C(=O)C2(OCCCO2)c2cc(C)ccc21. The molecular weight excluding hydrogens is 274 g/mol. The van der Waals surface area contributed by atoms with E-state index in [9.17, 15) is 9.59 Å². The second-order valence-corrected chi connectivity index (χ2v) is 5.16. The summed E-state index contributed by atoms with van der Waals surface area (Å²) < 4.78 is 16.1. The zero-order valence-electron chi connectivity index (χ0n) is 12.0. The van der Waals surface area contributed by atoms with E-state index in [1.54, 1.807) is 0 Å². The maximum atomic E-state index is 12.8. The van der Waals surface area contributed by atoms with E-state index >= 15 is 0 Å². The maximum Gasteiger partial charge on any atom is 0.325 e. The van der Waals surface area contributed by atoms with Crippen LogP contribution in [-0.2, 0) is 29.6 Å². The largest absolute Gasteiger partial charge is 0.468 e. The molecule has 1 aromatic carbocycles. The predicted octanol–water partition coefficient (Wildman–Crippen LogP) is 1.10. The van der Waals surface area contributed by atoms with Crippen molar-refractivity contribution >= 4 is 17.6 Å². The molecule has 0 aliphatic carbocycles. The van der Waals surface area contributed by atoms with Crippen LogP contribution in [0.4, 0.5) is 5.69 Å². The molecule has 1 fully saturated rings. The van der Waals surface area contributed by atoms with Gasteiger partial charge in [-0.15, -0.1) is 0 Å². The number of carbonyl (C=O) groups is 2. The van der Waals surface area contributed by atoms with Gasteiger partial charge < -0.3 is 14.2 Å². The van der Waals surface area contributed by atoms with Gasteiger partial charge in [-0.1, -0.05) is 11.6 Å². The zero-order chi connectivity index (χ0) is 15.0. The Balaban J connectivity index is 2.07. The quantitative estimate of drug-likeness (QED) is 0.764. The fraction of sp³-hybridized carbons (Fsp3) is 0.467. The van der Waals surface area contributed by atoms with Gasteiger partial charge in [-0.25, -0.2) is 0 Å². The first-order chi connectivity index (χ1) is 10.1. The number of ether oxygens (including phenoxy) is 3. The van der Waals surface area contributed by atoms with Gasteiger partial charge >= 0.3 is 5.97 Å². The number of hydrogen-bond acceptors (Lipinski definition) is 5. The summed E-state index contributed by atoms with van der Waals surface area (Å²) in [7, 11) is 1.29. The third kappa shape index (κ3) is 2.11. The second-order valence-electron chi connectivity index (χ2n) is 5.16. The van der Waals surface area contributed by atoms with Crippen molar-refractivity contribution in [1.29, 1.82) is 0 Å². The summed E-state index contributed by atoms with van der Waals surface area (Å²) in [4.78, 5) is 25.7. The Hall–Kier alpha value is -1.92. The minimum atomic E-state index is -1.41. The van der Waals surface area contributed by atoms with E-state index in [2.05, 4.69) is 4.74 Å². The summed E-state index contributed by atoms with van der Waals surface area (Å²) in [6.45, 7) is 2.68. The third-order valence-corrected chi connectivity index (χ3v) is 3.74. The predicted molar refractivity (Wildman–Crippen MR) is 73.7 cm³/mol. The molecule has 0 unspecified atom stereocenters. The van der Waals surface area contributed by atoms with Crippen LogP contribution in [-0.4, -0.2) is 38.7 Å². The molecule has 0 N–H and O–H groups in total. The van der Waals surface area contributed by atoms with E-state index in [1.165, 1.54) is 12.0 Å². The smallest absolute Gasteiger partial charge is 0.325 e. The van der Waals surface area contributed by atoms with Gasteiger partial charge in [0.05, 0.1) is 26.0 Å². The molecule has 112 valence electrons. The number of benzene rings is 1. The average molecular weight is 291 g/mol. The summed E-state index contributed by atoms with van der Waals surface area (Å²) in [5.74, 6) is -2.26. The Morgan fingerprint density at radius 3 is 2.76 bits per heavy atom. The molecule has 1 spiro atoms. The molecular formula is C15H17NO5. The topological polar surface area (TPSA) is 65.1 Å². The summed E-state index contributed by atoms with van der Waals surface area (Å²) in [5.41, 5.74) is 2.30. The number of anilines is 1. The number of hydrogen-bond donors (Lipinski definition) is 0. The van der Waals surface area contributed by atoms with Crippen molar-refractivity contribution in [2.75, 3.05) is 31.8 Å². The monoisotopic (exact) mass is 291 g/mol. The van der Waals surface area contributed by atoms with E-state index in [-0.39, 0.29) is 12.5 Å². The highest BCUT2D eigenvalue weighted by molar-refractivity contribution is 6.08. The molecule has 0 atom stereocenters. The Morgan fingerprint density at radius 2 is 2.10 bits per heavy atom. The lowest BCUT2D eigenvalue weighted by molar-refractivity contribution is -0.256. The van der Waals surface area contributed by atoms with Crippen molar-refractivity contribution in [2.24, 2.45) is 0 Å². The van der Waals surface area contributed by atoms with E-state index in [4.69, 9.17) is 9.47 Å². The van der Waals surface area contributed by atoms with Crippen molar-refractivity contribution in [2.45, 2.75) is 19.1 Å². The van der Waals surface area contributed by atoms with E-state index in [0.717, 1.165) is 12.0 Å². The molecule has 2 aliphatic rings. The summed E-state index contributed by atoms with van der Waals surface area (Å²) in [5, 5.41) is 0. The van der Waals surface area contributed by atoms with Crippen LogP contribution in [0.2, 0.25) is 0 Å².